The summed E-state index contributed by atoms with van der Waals surface area (Å²) >= 11 is 15.2. The minimum atomic E-state index is -4.89. The van der Waals surface area contributed by atoms with Gasteiger partial charge in [0.15, 0.2) is 11.3 Å². The van der Waals surface area contributed by atoms with Crippen molar-refractivity contribution in [3.63, 3.8) is 0 Å². The van der Waals surface area contributed by atoms with Crippen molar-refractivity contribution >= 4 is 179 Å². The summed E-state index contributed by atoms with van der Waals surface area (Å²) in [5.74, 6) is -1.61. The molecule has 0 aliphatic carbocycles. The highest BCUT2D eigenvalue weighted by atomic mass is 35.5. The third-order valence-corrected chi connectivity index (χ3v) is 16.5. The molecule has 8 aromatic rings. The van der Waals surface area contributed by atoms with Gasteiger partial charge in [0, 0.05) is 21.9 Å². The van der Waals surface area contributed by atoms with Crippen LogP contribution in [0, 0.1) is 18.3 Å². The number of aromatic hydroxyl groups is 1. The fraction of sp³-hybridized carbons (Fsp3) is 0.186. The minimum absolute atomic E-state index is 0.0208. The third-order valence-electron chi connectivity index (χ3n) is 10.5. The Morgan fingerprint density at radius 1 is 0.735 bits per heavy atom. The Labute approximate surface area is 489 Å². The standard InChI is InChI=1S/C42H32Cl2N10O14S6.CH4O3S.O3S/c1-21-25(20-45)40-46-28-6-2-3-7-33(28)54(40)41(55)37(21)52-50-31-16-26(43)29(18-34(31)68-10-4-12-71(56,57)58)48-51-32-17-27(44)30(19-35(32)69-11-5-13-72(59,60)61)49-53-42-47-38-36(74(65,66)67)14-22-8-9-23(73(62,63)64)15-24(22)39(38)70-42;1-5(2,3)4;1-4(2)3/h2-3,6-9,14-19,55H,4-5,10-13H2,1H3,(H,56,57,58)(H,59,60,61)(H,62,63,64)(H,65,66,67);1H3,(H,2,3,4);. The molecule has 3 aromatic heterocycles. The first-order valence-electron chi connectivity index (χ1n) is 22.2. The third kappa shape index (κ3) is 17.9. The highest BCUT2D eigenvalue weighted by Gasteiger charge is 2.24. The Hall–Kier alpha value is -6.81. The van der Waals surface area contributed by atoms with Crippen LogP contribution < -0.4 is 4.74 Å². The number of benzene rings is 5. The molecule has 0 aliphatic heterocycles. The van der Waals surface area contributed by atoms with E-state index in [9.17, 15) is 70.7 Å². The first-order valence-corrected chi connectivity index (χ1v) is 33.7. The van der Waals surface area contributed by atoms with Crippen LogP contribution in [0.15, 0.2) is 118 Å². The Morgan fingerprint density at radius 3 is 1.93 bits per heavy atom. The van der Waals surface area contributed by atoms with Crippen LogP contribution in [0.1, 0.15) is 24.0 Å². The molecule has 8 rings (SSSR count). The largest absolute Gasteiger partial charge is 0.493 e. The number of thiazole rings is 1. The van der Waals surface area contributed by atoms with Gasteiger partial charge in [0.1, 0.15) is 50.5 Å². The zero-order chi connectivity index (χ0) is 61.6. The van der Waals surface area contributed by atoms with Gasteiger partial charge in [-0.15, -0.1) is 55.1 Å². The fourth-order valence-electron chi connectivity index (χ4n) is 7.11. The van der Waals surface area contributed by atoms with E-state index in [0.29, 0.717) is 17.3 Å². The molecule has 0 amide bonds. The molecule has 0 atom stereocenters. The lowest BCUT2D eigenvalue weighted by molar-refractivity contribution is 0.317. The van der Waals surface area contributed by atoms with Crippen molar-refractivity contribution < 1.29 is 87.3 Å². The number of thioether (sulfide) groups is 1. The lowest BCUT2D eigenvalue weighted by Gasteiger charge is -2.11. The summed E-state index contributed by atoms with van der Waals surface area (Å²) in [6, 6.07) is 18.7. The fourth-order valence-corrected chi connectivity index (χ4v) is 11.8. The summed E-state index contributed by atoms with van der Waals surface area (Å²) in [4.78, 5) is 7.87. The van der Waals surface area contributed by atoms with Crippen LogP contribution >= 0.6 is 46.3 Å². The lowest BCUT2D eigenvalue weighted by atomic mass is 10.1. The second kappa shape index (κ2) is 26.4. The van der Waals surface area contributed by atoms with E-state index in [1.807, 2.05) is 0 Å². The predicted octanol–water partition coefficient (Wildman–Crippen LogP) is 9.71. The molecule has 3 heterocycles. The first-order chi connectivity index (χ1) is 38.5. The highest BCUT2D eigenvalue weighted by Crippen LogP contribution is 2.45. The topological polar surface area (TPSA) is 481 Å². The van der Waals surface area contributed by atoms with Crippen LogP contribution in [0.2, 0.25) is 10.0 Å². The van der Waals surface area contributed by atoms with Gasteiger partial charge in [-0.1, -0.05) is 52.7 Å². The SMILES string of the molecule is CS(=O)(=O)O.Cc1c(N=Nc2cc(Cl)c(N=Nc3cc(Cl)c(N=Nc4nc5c(S(=O)(=O)O)cc6ccc(S(=O)(=O)O)cc6c5s4)cc3SCCCS(=O)(=O)O)cc2OCCCS(=O)(=O)O)c(O)n2c(nc3ccccc32)c1C#N.O=S(=O)=O. The number of nitrogens with zero attached hydrogens (tertiary/aromatic N) is 10. The number of pyridine rings is 1. The van der Waals surface area contributed by atoms with Crippen molar-refractivity contribution in [2.75, 3.05) is 30.1 Å². The molecule has 30 nitrogen and oxygen atoms in total. The molecule has 0 unspecified atom stereocenters. The molecule has 0 saturated heterocycles. The molecule has 5 aromatic carbocycles. The van der Waals surface area contributed by atoms with Gasteiger partial charge in [0.2, 0.25) is 11.0 Å². The molecular formula is C43H36Cl2N10O20S8. The second-order valence-electron chi connectivity index (χ2n) is 16.5. The average molecular weight is 1340 g/mol. The van der Waals surface area contributed by atoms with Gasteiger partial charge >= 0.3 is 10.6 Å². The van der Waals surface area contributed by atoms with Crippen LogP contribution in [-0.2, 0) is 61.2 Å². The summed E-state index contributed by atoms with van der Waals surface area (Å²) in [7, 11) is -25.0. The number of halogens is 2. The van der Waals surface area contributed by atoms with Gasteiger partial charge in [-0.2, -0.15) is 47.4 Å². The highest BCUT2D eigenvalue weighted by molar-refractivity contribution is 7.99. The van der Waals surface area contributed by atoms with Gasteiger partial charge in [-0.05, 0) is 79.4 Å². The summed E-state index contributed by atoms with van der Waals surface area (Å²) in [6.07, 6.45) is 0.508. The maximum Gasteiger partial charge on any atom is 0.425 e. The molecule has 0 radical (unpaired) electrons. The number of ether oxygens (including phenoxy) is 1. The molecule has 83 heavy (non-hydrogen) atoms. The first kappa shape index (κ1) is 65.3. The van der Waals surface area contributed by atoms with Gasteiger partial charge in [0.05, 0.1) is 55.0 Å². The molecule has 6 N–H and O–H groups in total. The Kier molecular flexibility index (Phi) is 20.8. The van der Waals surface area contributed by atoms with Gasteiger partial charge < -0.3 is 9.84 Å². The molecular weight excluding hydrogens is 1300 g/mol. The Balaban J connectivity index is 0.00000114. The smallest absolute Gasteiger partial charge is 0.425 e. The van der Waals surface area contributed by atoms with Gasteiger partial charge in [-0.25, -0.2) is 9.97 Å². The van der Waals surface area contributed by atoms with Crippen molar-refractivity contribution in [2.45, 2.75) is 34.5 Å². The maximum absolute atomic E-state index is 12.4. The van der Waals surface area contributed by atoms with Crippen LogP contribution in [0.3, 0.4) is 0 Å². The number of hydrogen-bond donors (Lipinski definition) is 6. The Bertz CT molecular complexity index is 4760. The van der Waals surface area contributed by atoms with Crippen molar-refractivity contribution in [1.82, 2.24) is 14.4 Å². The van der Waals surface area contributed by atoms with Crippen LogP contribution in [0.4, 0.5) is 33.6 Å². The van der Waals surface area contributed by atoms with Gasteiger partial charge in [-0.3, -0.25) is 27.2 Å². The molecule has 440 valence electrons. The van der Waals surface area contributed by atoms with E-state index in [2.05, 4.69) is 46.7 Å². The minimum Gasteiger partial charge on any atom is -0.493 e. The average Bonchev–Trinajstić information content (AvgIpc) is 4.14. The number of fused-ring (bicyclic) bond motifs is 6. The van der Waals surface area contributed by atoms with Crippen molar-refractivity contribution in [2.24, 2.45) is 30.7 Å². The van der Waals surface area contributed by atoms with E-state index in [4.69, 9.17) is 45.1 Å². The number of aromatic nitrogens is 3. The van der Waals surface area contributed by atoms with Crippen molar-refractivity contribution in [3.05, 3.63) is 94.0 Å². The molecule has 0 spiro atoms. The molecule has 0 aliphatic rings. The quantitative estimate of drug-likeness (QED) is 0.0201. The number of para-hydroxylation sites is 2. The van der Waals surface area contributed by atoms with E-state index in [1.54, 1.807) is 31.2 Å². The van der Waals surface area contributed by atoms with Crippen LogP contribution in [0.25, 0.3) is 37.7 Å². The number of rotatable bonds is 18. The van der Waals surface area contributed by atoms with E-state index in [-0.39, 0.29) is 117 Å². The van der Waals surface area contributed by atoms with Crippen molar-refractivity contribution in [1.29, 1.82) is 5.26 Å². The van der Waals surface area contributed by atoms with E-state index in [1.165, 1.54) is 34.7 Å². The number of nitriles is 1. The van der Waals surface area contributed by atoms with E-state index >= 15 is 0 Å². The number of imidazole rings is 1. The summed E-state index contributed by atoms with van der Waals surface area (Å²) in [6.45, 7) is 1.26. The summed E-state index contributed by atoms with van der Waals surface area (Å²) in [5.41, 5.74) is 1.06. The molecule has 0 saturated carbocycles. The van der Waals surface area contributed by atoms with Crippen LogP contribution in [-0.4, -0.2) is 127 Å². The number of azo groups is 3. The predicted molar refractivity (Wildman–Crippen MR) is 301 cm³/mol. The monoisotopic (exact) mass is 1340 g/mol. The zero-order valence-electron chi connectivity index (χ0n) is 41.6. The van der Waals surface area contributed by atoms with Crippen molar-refractivity contribution in [3.8, 4) is 17.7 Å². The second-order valence-corrected chi connectivity index (χ2v) is 27.2. The zero-order valence-corrected chi connectivity index (χ0v) is 49.6. The normalized spacial score (nSPS) is 12.5. The van der Waals surface area contributed by atoms with Gasteiger partial charge in [0.25, 0.3) is 50.6 Å². The Morgan fingerprint density at radius 2 is 1.31 bits per heavy atom. The molecule has 0 bridgehead atoms. The lowest BCUT2D eigenvalue weighted by Crippen LogP contribution is -2.08. The van der Waals surface area contributed by atoms with E-state index in [0.717, 1.165) is 41.3 Å². The maximum atomic E-state index is 12.4. The summed E-state index contributed by atoms with van der Waals surface area (Å²) < 4.78 is 191. The van der Waals surface area contributed by atoms with E-state index < -0.39 is 88.4 Å². The number of hydrogen-bond acceptors (Lipinski definition) is 26. The molecule has 0 fully saturated rings. The summed E-state index contributed by atoms with van der Waals surface area (Å²) in [5, 5.41) is 47.0. The molecule has 40 heteroatoms. The van der Waals surface area contributed by atoms with Crippen LogP contribution in [0.5, 0.6) is 11.6 Å².